The first-order chi connectivity index (χ1) is 14.1. The Morgan fingerprint density at radius 3 is 2.79 bits per heavy atom. The maximum Gasteiger partial charge on any atom is 0.331 e. The van der Waals surface area contributed by atoms with E-state index < -0.39 is 5.97 Å². The molecule has 2 aromatic carbocycles. The van der Waals surface area contributed by atoms with Crippen LogP contribution in [0.3, 0.4) is 0 Å². The number of hydrogen-bond acceptors (Lipinski definition) is 7. The van der Waals surface area contributed by atoms with Gasteiger partial charge < -0.3 is 18.7 Å². The second-order valence-corrected chi connectivity index (χ2v) is 6.19. The molecule has 1 aromatic heterocycles. The van der Waals surface area contributed by atoms with Crippen molar-refractivity contribution >= 4 is 23.6 Å². The molecule has 0 radical (unpaired) electrons. The molecule has 0 aliphatic rings. The third-order valence-electron chi connectivity index (χ3n) is 3.82. The van der Waals surface area contributed by atoms with Crippen LogP contribution in [0.15, 0.2) is 53.1 Å². The van der Waals surface area contributed by atoms with Gasteiger partial charge in [-0.15, -0.1) is 0 Å². The first-order valence-electron chi connectivity index (χ1n) is 8.84. The number of ether oxygens (including phenoxy) is 3. The van der Waals surface area contributed by atoms with Gasteiger partial charge in [-0.05, 0) is 42.8 Å². The van der Waals surface area contributed by atoms with E-state index in [4.69, 9.17) is 30.3 Å². The Labute approximate surface area is 172 Å². The van der Waals surface area contributed by atoms with Crippen LogP contribution in [-0.4, -0.2) is 29.8 Å². The molecule has 0 unspecified atom stereocenters. The van der Waals surface area contributed by atoms with Crippen molar-refractivity contribution in [3.8, 4) is 23.0 Å². The molecule has 0 bridgehead atoms. The topological polar surface area (TPSA) is 83.7 Å². The molecular weight excluding hydrogens is 396 g/mol. The number of carbonyl (C=O) groups is 1. The van der Waals surface area contributed by atoms with Gasteiger partial charge in [0.1, 0.15) is 0 Å². The molecule has 0 spiro atoms. The summed E-state index contributed by atoms with van der Waals surface area (Å²) in [5.41, 5.74) is 1.38. The van der Waals surface area contributed by atoms with Crippen molar-refractivity contribution in [2.45, 2.75) is 13.5 Å². The molecule has 29 heavy (non-hydrogen) atoms. The third kappa shape index (κ3) is 5.36. The Morgan fingerprint density at radius 2 is 2.03 bits per heavy atom. The summed E-state index contributed by atoms with van der Waals surface area (Å²) in [5, 5.41) is 4.29. The summed E-state index contributed by atoms with van der Waals surface area (Å²) in [6.07, 6.45) is 2.93. The summed E-state index contributed by atoms with van der Waals surface area (Å²) in [6.45, 7) is 2.31. The molecule has 0 aliphatic heterocycles. The maximum absolute atomic E-state index is 12.0. The van der Waals surface area contributed by atoms with Gasteiger partial charge in [-0.2, -0.15) is 4.98 Å². The smallest absolute Gasteiger partial charge is 0.331 e. The third-order valence-corrected chi connectivity index (χ3v) is 4.14. The van der Waals surface area contributed by atoms with Crippen molar-refractivity contribution in [2.24, 2.45) is 0 Å². The summed E-state index contributed by atoms with van der Waals surface area (Å²) in [7, 11) is 1.56. The van der Waals surface area contributed by atoms with Crippen LogP contribution in [0.1, 0.15) is 18.3 Å². The van der Waals surface area contributed by atoms with Crippen LogP contribution in [0.5, 0.6) is 11.5 Å². The van der Waals surface area contributed by atoms with Crippen molar-refractivity contribution in [1.82, 2.24) is 10.1 Å². The molecule has 0 saturated carbocycles. The van der Waals surface area contributed by atoms with E-state index >= 15 is 0 Å². The Bertz CT molecular complexity index is 1020. The average molecular weight is 415 g/mol. The molecule has 0 N–H and O–H groups in total. The number of methoxy groups -OCH3 is 1. The molecular formula is C21H19ClN2O5. The van der Waals surface area contributed by atoms with Crippen LogP contribution in [0.4, 0.5) is 0 Å². The van der Waals surface area contributed by atoms with Crippen molar-refractivity contribution in [1.29, 1.82) is 0 Å². The molecule has 7 nitrogen and oxygen atoms in total. The van der Waals surface area contributed by atoms with Gasteiger partial charge in [0.15, 0.2) is 18.1 Å². The number of aromatic nitrogens is 2. The highest BCUT2D eigenvalue weighted by molar-refractivity contribution is 6.33. The fourth-order valence-corrected chi connectivity index (χ4v) is 2.68. The SMILES string of the molecule is CCOc1ccc(/C=C/C(=O)OCc2noc(-c3ccccc3Cl)n2)cc1OC. The molecule has 1 heterocycles. The Balaban J connectivity index is 1.58. The molecule has 0 fully saturated rings. The minimum atomic E-state index is -0.540. The van der Waals surface area contributed by atoms with E-state index in [2.05, 4.69) is 10.1 Å². The van der Waals surface area contributed by atoms with Gasteiger partial charge in [0.05, 0.1) is 24.3 Å². The van der Waals surface area contributed by atoms with Crippen molar-refractivity contribution in [3.05, 3.63) is 65.0 Å². The quantitative estimate of drug-likeness (QED) is 0.394. The Morgan fingerprint density at radius 1 is 1.21 bits per heavy atom. The number of rotatable bonds is 8. The molecule has 0 atom stereocenters. The number of halogens is 1. The number of nitrogens with zero attached hydrogens (tertiary/aromatic N) is 2. The van der Waals surface area contributed by atoms with Gasteiger partial charge in [0, 0.05) is 6.08 Å². The van der Waals surface area contributed by atoms with E-state index in [0.29, 0.717) is 28.7 Å². The van der Waals surface area contributed by atoms with Crippen molar-refractivity contribution in [2.75, 3.05) is 13.7 Å². The zero-order valence-electron chi connectivity index (χ0n) is 15.9. The van der Waals surface area contributed by atoms with Crippen LogP contribution >= 0.6 is 11.6 Å². The monoisotopic (exact) mass is 414 g/mol. The Hall–Kier alpha value is -3.32. The molecule has 3 aromatic rings. The minimum absolute atomic E-state index is 0.121. The van der Waals surface area contributed by atoms with Crippen LogP contribution in [0.2, 0.25) is 5.02 Å². The van der Waals surface area contributed by atoms with Gasteiger partial charge in [-0.25, -0.2) is 4.79 Å². The van der Waals surface area contributed by atoms with E-state index in [1.807, 2.05) is 19.1 Å². The predicted octanol–water partition coefficient (Wildman–Crippen LogP) is 4.55. The van der Waals surface area contributed by atoms with E-state index in [1.54, 1.807) is 43.5 Å². The molecule has 150 valence electrons. The normalized spacial score (nSPS) is 10.9. The van der Waals surface area contributed by atoms with Crippen LogP contribution in [-0.2, 0) is 16.1 Å². The van der Waals surface area contributed by atoms with Crippen LogP contribution < -0.4 is 9.47 Å². The number of benzene rings is 2. The first-order valence-corrected chi connectivity index (χ1v) is 9.21. The van der Waals surface area contributed by atoms with E-state index in [-0.39, 0.29) is 18.3 Å². The molecule has 0 aliphatic carbocycles. The van der Waals surface area contributed by atoms with Crippen LogP contribution in [0.25, 0.3) is 17.5 Å². The van der Waals surface area contributed by atoms with Gasteiger partial charge >= 0.3 is 5.97 Å². The highest BCUT2D eigenvalue weighted by Gasteiger charge is 2.12. The highest BCUT2D eigenvalue weighted by Crippen LogP contribution is 2.28. The van der Waals surface area contributed by atoms with E-state index in [0.717, 1.165) is 5.56 Å². The average Bonchev–Trinajstić information content (AvgIpc) is 3.20. The predicted molar refractivity (Wildman–Crippen MR) is 108 cm³/mol. The molecule has 8 heteroatoms. The van der Waals surface area contributed by atoms with Gasteiger partial charge in [0.25, 0.3) is 5.89 Å². The number of carbonyl (C=O) groups excluding carboxylic acids is 1. The Kier molecular flexibility index (Phi) is 6.86. The molecule has 0 saturated heterocycles. The van der Waals surface area contributed by atoms with Crippen molar-refractivity contribution < 1.29 is 23.5 Å². The maximum atomic E-state index is 12.0. The molecule has 3 rings (SSSR count). The second-order valence-electron chi connectivity index (χ2n) is 5.78. The lowest BCUT2D eigenvalue weighted by molar-refractivity contribution is -0.139. The van der Waals surface area contributed by atoms with Crippen molar-refractivity contribution in [3.63, 3.8) is 0 Å². The van der Waals surface area contributed by atoms with Gasteiger partial charge in [0.2, 0.25) is 5.82 Å². The lowest BCUT2D eigenvalue weighted by atomic mass is 10.2. The fourth-order valence-electron chi connectivity index (χ4n) is 2.47. The minimum Gasteiger partial charge on any atom is -0.493 e. The van der Waals surface area contributed by atoms with E-state index in [1.165, 1.54) is 6.08 Å². The lowest BCUT2D eigenvalue weighted by Crippen LogP contribution is -2.02. The largest absolute Gasteiger partial charge is 0.493 e. The fraction of sp³-hybridized carbons (Fsp3) is 0.190. The standard InChI is InChI=1S/C21H19ClN2O5/c1-3-27-17-10-8-14(12-18(17)26-2)9-11-20(25)28-13-19-23-21(29-24-19)15-6-4-5-7-16(15)22/h4-12H,3,13H2,1-2H3/b11-9+. The summed E-state index contributed by atoms with van der Waals surface area (Å²) in [4.78, 5) is 16.2. The molecule has 0 amide bonds. The zero-order chi connectivity index (χ0) is 20.6. The highest BCUT2D eigenvalue weighted by atomic mass is 35.5. The van der Waals surface area contributed by atoms with E-state index in [9.17, 15) is 4.79 Å². The summed E-state index contributed by atoms with van der Waals surface area (Å²) >= 11 is 6.10. The number of esters is 1. The van der Waals surface area contributed by atoms with Gasteiger partial charge in [-0.3, -0.25) is 0 Å². The summed E-state index contributed by atoms with van der Waals surface area (Å²) < 4.78 is 21.1. The summed E-state index contributed by atoms with van der Waals surface area (Å²) in [6, 6.07) is 12.5. The van der Waals surface area contributed by atoms with Gasteiger partial charge in [-0.1, -0.05) is 35.0 Å². The second kappa shape index (κ2) is 9.75. The first kappa shape index (κ1) is 20.4. The summed E-state index contributed by atoms with van der Waals surface area (Å²) in [5.74, 6) is 1.19. The lowest BCUT2D eigenvalue weighted by Gasteiger charge is -2.09. The number of hydrogen-bond donors (Lipinski definition) is 0. The van der Waals surface area contributed by atoms with Crippen LogP contribution in [0, 0.1) is 0 Å². The zero-order valence-corrected chi connectivity index (χ0v) is 16.7.